The third-order valence-corrected chi connectivity index (χ3v) is 2.22. The van der Waals surface area contributed by atoms with Crippen LogP contribution in [-0.2, 0) is 16.0 Å². The molecule has 1 N–H and O–H groups in total. The summed E-state index contributed by atoms with van der Waals surface area (Å²) in [5, 5.41) is 9.64. The van der Waals surface area contributed by atoms with E-state index in [2.05, 4.69) is 4.74 Å². The highest BCUT2D eigenvalue weighted by atomic mass is 16.5. The molecule has 82 valence electrons. The van der Waals surface area contributed by atoms with E-state index in [1.165, 1.54) is 7.11 Å². The highest BCUT2D eigenvalue weighted by Gasteiger charge is 2.08. The Bertz CT molecular complexity index is 295. The summed E-state index contributed by atoms with van der Waals surface area (Å²) in [5.41, 5.74) is 1.08. The lowest BCUT2D eigenvalue weighted by Gasteiger charge is -2.09. The monoisotopic (exact) mass is 208 g/mol. The fourth-order valence-corrected chi connectivity index (χ4v) is 1.37. The molecule has 0 fully saturated rings. The van der Waals surface area contributed by atoms with Crippen LogP contribution in [-0.4, -0.2) is 24.3 Å². The molecule has 0 heterocycles. The Morgan fingerprint density at radius 1 is 1.40 bits per heavy atom. The van der Waals surface area contributed by atoms with Gasteiger partial charge in [0.25, 0.3) is 0 Å². The number of methoxy groups -OCH3 is 1. The van der Waals surface area contributed by atoms with E-state index in [0.29, 0.717) is 12.8 Å². The van der Waals surface area contributed by atoms with Crippen molar-refractivity contribution in [2.45, 2.75) is 25.4 Å². The first-order valence-corrected chi connectivity index (χ1v) is 5.01. The van der Waals surface area contributed by atoms with Crippen LogP contribution >= 0.6 is 0 Å². The van der Waals surface area contributed by atoms with Crippen molar-refractivity contribution in [1.82, 2.24) is 0 Å². The van der Waals surface area contributed by atoms with Gasteiger partial charge in [-0.25, -0.2) is 0 Å². The van der Waals surface area contributed by atoms with E-state index in [4.69, 9.17) is 0 Å². The molecule has 0 aliphatic heterocycles. The van der Waals surface area contributed by atoms with Crippen molar-refractivity contribution in [3.05, 3.63) is 35.9 Å². The van der Waals surface area contributed by atoms with Gasteiger partial charge in [0.2, 0.25) is 0 Å². The zero-order chi connectivity index (χ0) is 11.1. The summed E-state index contributed by atoms with van der Waals surface area (Å²) >= 11 is 0. The summed E-state index contributed by atoms with van der Waals surface area (Å²) in [6.45, 7) is 0. The maximum atomic E-state index is 10.8. The molecule has 3 nitrogen and oxygen atoms in total. The molecule has 0 bridgehead atoms. The lowest BCUT2D eigenvalue weighted by molar-refractivity contribution is -0.141. The minimum absolute atomic E-state index is 0.268. The summed E-state index contributed by atoms with van der Waals surface area (Å²) in [6.07, 6.45) is 0.815. The Morgan fingerprint density at radius 2 is 2.07 bits per heavy atom. The average molecular weight is 208 g/mol. The van der Waals surface area contributed by atoms with Crippen molar-refractivity contribution in [3.8, 4) is 0 Å². The number of ether oxygens (including phenoxy) is 1. The van der Waals surface area contributed by atoms with Crippen LogP contribution in [0, 0.1) is 0 Å². The highest BCUT2D eigenvalue weighted by molar-refractivity contribution is 5.69. The molecule has 1 rings (SSSR count). The van der Waals surface area contributed by atoms with E-state index in [9.17, 15) is 9.90 Å². The topological polar surface area (TPSA) is 46.5 Å². The highest BCUT2D eigenvalue weighted by Crippen LogP contribution is 2.07. The Balaban J connectivity index is 2.30. The van der Waals surface area contributed by atoms with E-state index >= 15 is 0 Å². The predicted octanol–water partition coefficient (Wildman–Crippen LogP) is 1.54. The normalized spacial score (nSPS) is 12.1. The second kappa shape index (κ2) is 6.19. The van der Waals surface area contributed by atoms with Gasteiger partial charge in [-0.1, -0.05) is 30.3 Å². The van der Waals surface area contributed by atoms with Crippen LogP contribution in [0.2, 0.25) is 0 Å². The van der Waals surface area contributed by atoms with E-state index in [-0.39, 0.29) is 12.4 Å². The number of esters is 1. The van der Waals surface area contributed by atoms with Gasteiger partial charge in [0, 0.05) is 6.42 Å². The second-order valence-electron chi connectivity index (χ2n) is 3.46. The maximum Gasteiger partial charge on any atom is 0.305 e. The Kier molecular flexibility index (Phi) is 4.84. The number of rotatable bonds is 5. The molecular weight excluding hydrogens is 192 g/mol. The second-order valence-corrected chi connectivity index (χ2v) is 3.46. The molecule has 1 aromatic rings. The first kappa shape index (κ1) is 11.7. The molecule has 1 aromatic carbocycles. The number of aliphatic hydroxyl groups excluding tert-OH is 1. The number of hydrogen-bond donors (Lipinski definition) is 1. The molecular formula is C12H16O3. The number of aliphatic hydroxyl groups is 1. The Labute approximate surface area is 89.7 Å². The van der Waals surface area contributed by atoms with E-state index in [1.54, 1.807) is 0 Å². The molecule has 0 aromatic heterocycles. The van der Waals surface area contributed by atoms with Crippen molar-refractivity contribution >= 4 is 5.97 Å². The molecule has 0 spiro atoms. The van der Waals surface area contributed by atoms with Crippen LogP contribution in [0.15, 0.2) is 30.3 Å². The molecule has 0 radical (unpaired) electrons. The molecule has 15 heavy (non-hydrogen) atoms. The quantitative estimate of drug-likeness (QED) is 0.747. The predicted molar refractivity (Wildman–Crippen MR) is 57.4 cm³/mol. The van der Waals surface area contributed by atoms with E-state index < -0.39 is 6.10 Å². The summed E-state index contributed by atoms with van der Waals surface area (Å²) in [7, 11) is 1.35. The summed E-state index contributed by atoms with van der Waals surface area (Å²) in [5.74, 6) is -0.276. The Morgan fingerprint density at radius 3 is 2.67 bits per heavy atom. The smallest absolute Gasteiger partial charge is 0.305 e. The van der Waals surface area contributed by atoms with Crippen LogP contribution < -0.4 is 0 Å². The van der Waals surface area contributed by atoms with Crippen molar-refractivity contribution < 1.29 is 14.6 Å². The minimum atomic E-state index is -0.480. The van der Waals surface area contributed by atoms with Gasteiger partial charge >= 0.3 is 5.97 Å². The Hall–Kier alpha value is -1.35. The molecule has 0 saturated carbocycles. The summed E-state index contributed by atoms with van der Waals surface area (Å²) < 4.78 is 4.50. The van der Waals surface area contributed by atoms with Crippen LogP contribution in [0.5, 0.6) is 0 Å². The third kappa shape index (κ3) is 4.61. The number of benzene rings is 1. The zero-order valence-corrected chi connectivity index (χ0v) is 8.85. The lowest BCUT2D eigenvalue weighted by atomic mass is 10.0. The minimum Gasteiger partial charge on any atom is -0.469 e. The van der Waals surface area contributed by atoms with Gasteiger partial charge in [-0.05, 0) is 18.4 Å². The van der Waals surface area contributed by atoms with Gasteiger partial charge in [0.15, 0.2) is 0 Å². The van der Waals surface area contributed by atoms with Crippen molar-refractivity contribution in [2.24, 2.45) is 0 Å². The van der Waals surface area contributed by atoms with Crippen LogP contribution in [0.25, 0.3) is 0 Å². The molecule has 0 amide bonds. The fourth-order valence-electron chi connectivity index (χ4n) is 1.37. The lowest BCUT2D eigenvalue weighted by Crippen LogP contribution is -2.13. The molecule has 3 heteroatoms. The first-order chi connectivity index (χ1) is 7.22. The van der Waals surface area contributed by atoms with Gasteiger partial charge in [-0.15, -0.1) is 0 Å². The molecule has 1 unspecified atom stereocenters. The van der Waals surface area contributed by atoms with Crippen LogP contribution in [0.3, 0.4) is 0 Å². The van der Waals surface area contributed by atoms with Gasteiger partial charge in [0.05, 0.1) is 13.2 Å². The van der Waals surface area contributed by atoms with Gasteiger partial charge in [0.1, 0.15) is 0 Å². The standard InChI is InChI=1S/C12H16O3/c1-15-12(14)8-7-11(13)9-10-5-3-2-4-6-10/h2-6,11,13H,7-9H2,1H3. The molecule has 0 saturated heterocycles. The number of carbonyl (C=O) groups is 1. The van der Waals surface area contributed by atoms with Crippen molar-refractivity contribution in [2.75, 3.05) is 7.11 Å². The zero-order valence-electron chi connectivity index (χ0n) is 8.85. The molecule has 0 aliphatic rings. The third-order valence-electron chi connectivity index (χ3n) is 2.22. The number of carbonyl (C=O) groups excluding carboxylic acids is 1. The first-order valence-electron chi connectivity index (χ1n) is 5.01. The summed E-state index contributed by atoms with van der Waals surface area (Å²) in [4.78, 5) is 10.8. The van der Waals surface area contributed by atoms with Crippen LogP contribution in [0.1, 0.15) is 18.4 Å². The molecule has 1 atom stereocenters. The van der Waals surface area contributed by atoms with Gasteiger partial charge in [-0.3, -0.25) is 4.79 Å². The van der Waals surface area contributed by atoms with Gasteiger partial charge in [-0.2, -0.15) is 0 Å². The van der Waals surface area contributed by atoms with Gasteiger partial charge < -0.3 is 9.84 Å². The fraction of sp³-hybridized carbons (Fsp3) is 0.417. The summed E-state index contributed by atoms with van der Waals surface area (Å²) in [6, 6.07) is 9.72. The van der Waals surface area contributed by atoms with E-state index in [1.807, 2.05) is 30.3 Å². The average Bonchev–Trinajstić information content (AvgIpc) is 2.27. The van der Waals surface area contributed by atoms with Crippen LogP contribution in [0.4, 0.5) is 0 Å². The van der Waals surface area contributed by atoms with Crippen molar-refractivity contribution in [3.63, 3.8) is 0 Å². The largest absolute Gasteiger partial charge is 0.469 e. The molecule has 0 aliphatic carbocycles. The number of hydrogen-bond acceptors (Lipinski definition) is 3. The van der Waals surface area contributed by atoms with E-state index in [0.717, 1.165) is 5.56 Å². The van der Waals surface area contributed by atoms with Crippen molar-refractivity contribution in [1.29, 1.82) is 0 Å². The SMILES string of the molecule is COC(=O)CCC(O)Cc1ccccc1. The maximum absolute atomic E-state index is 10.8.